The van der Waals surface area contributed by atoms with Crippen LogP contribution in [0.25, 0.3) is 11.6 Å². The molecule has 0 aliphatic carbocycles. The smallest absolute Gasteiger partial charge is 0.327 e. The summed E-state index contributed by atoms with van der Waals surface area (Å²) in [6.07, 6.45) is 1.52. The van der Waals surface area contributed by atoms with E-state index in [0.717, 1.165) is 30.6 Å². The van der Waals surface area contributed by atoms with Crippen molar-refractivity contribution < 1.29 is 18.8 Å². The topological polar surface area (TPSA) is 85.5 Å². The van der Waals surface area contributed by atoms with E-state index in [1.165, 1.54) is 18.2 Å². The predicted octanol–water partition coefficient (Wildman–Crippen LogP) is 4.09. The van der Waals surface area contributed by atoms with Gasteiger partial charge in [-0.15, -0.1) is 0 Å². The van der Waals surface area contributed by atoms with Gasteiger partial charge >= 0.3 is 5.37 Å². The second-order valence-electron chi connectivity index (χ2n) is 7.56. The summed E-state index contributed by atoms with van der Waals surface area (Å²) in [5, 5.41) is 1.96. The van der Waals surface area contributed by atoms with Crippen LogP contribution >= 0.6 is 11.6 Å². The van der Waals surface area contributed by atoms with E-state index in [4.69, 9.17) is 11.6 Å². The number of rotatable bonds is 7. The van der Waals surface area contributed by atoms with Gasteiger partial charge in [0, 0.05) is 30.0 Å². The zero-order chi connectivity index (χ0) is 23.6. The van der Waals surface area contributed by atoms with Crippen molar-refractivity contribution in [2.75, 3.05) is 31.1 Å². The Hall–Kier alpha value is -2.97. The van der Waals surface area contributed by atoms with Crippen LogP contribution in [0.1, 0.15) is 46.7 Å². The molecule has 0 fully saturated rings. The summed E-state index contributed by atoms with van der Waals surface area (Å²) in [5.41, 5.74) is 2.91. The normalized spacial score (nSPS) is 14.4. The number of fused-ring (bicyclic) bond motifs is 1. The Kier molecular flexibility index (Phi) is 7.16. The number of hydrogen-bond donors (Lipinski definition) is 2. The van der Waals surface area contributed by atoms with Crippen LogP contribution in [-0.4, -0.2) is 53.2 Å². The van der Waals surface area contributed by atoms with Gasteiger partial charge in [0.2, 0.25) is 0 Å². The van der Waals surface area contributed by atoms with E-state index in [1.54, 1.807) is 13.8 Å². The van der Waals surface area contributed by atoms with Gasteiger partial charge in [0.25, 0.3) is 11.8 Å². The molecule has 0 radical (unpaired) electrons. The number of aryl methyl sites for hydroxylation is 1. The molecule has 0 spiro atoms. The summed E-state index contributed by atoms with van der Waals surface area (Å²) in [5.74, 6) is -1.41. The minimum atomic E-state index is -0.973. The fourth-order valence-corrected chi connectivity index (χ4v) is 4.11. The highest BCUT2D eigenvalue weighted by Gasteiger charge is 2.36. The molecule has 1 aromatic heterocycles. The van der Waals surface area contributed by atoms with Gasteiger partial charge < -0.3 is 15.2 Å². The van der Waals surface area contributed by atoms with Gasteiger partial charge in [0.1, 0.15) is 5.82 Å². The number of benzene rings is 1. The molecule has 170 valence electrons. The third-order valence-corrected chi connectivity index (χ3v) is 5.87. The molecular formula is C23H26ClFN4O3. The van der Waals surface area contributed by atoms with Crippen molar-refractivity contribution in [2.45, 2.75) is 27.7 Å². The molecule has 0 atom stereocenters. The Bertz CT molecular complexity index is 1100. The molecule has 2 aromatic rings. The third kappa shape index (κ3) is 4.47. The molecule has 7 nitrogen and oxygen atoms in total. The van der Waals surface area contributed by atoms with Crippen molar-refractivity contribution in [3.8, 4) is 0 Å². The first-order valence-electron chi connectivity index (χ1n) is 10.4. The molecule has 0 bridgehead atoms. The Morgan fingerprint density at radius 1 is 1.25 bits per heavy atom. The first kappa shape index (κ1) is 23.7. The van der Waals surface area contributed by atoms with E-state index in [2.05, 4.69) is 29.0 Å². The van der Waals surface area contributed by atoms with Crippen LogP contribution in [0, 0.1) is 19.7 Å². The first-order chi connectivity index (χ1) is 15.2. The lowest BCUT2D eigenvalue weighted by Gasteiger charge is -2.18. The molecule has 32 heavy (non-hydrogen) atoms. The number of nitrogens with zero attached hydrogens (tertiary/aromatic N) is 2. The van der Waals surface area contributed by atoms with Gasteiger partial charge in [0.15, 0.2) is 0 Å². The number of amides is 3. The van der Waals surface area contributed by atoms with Crippen LogP contribution in [0.2, 0.25) is 0 Å². The van der Waals surface area contributed by atoms with Crippen LogP contribution in [-0.2, 0) is 4.79 Å². The molecule has 0 unspecified atom stereocenters. The minimum Gasteiger partial charge on any atom is -0.358 e. The summed E-state index contributed by atoms with van der Waals surface area (Å²) in [4.78, 5) is 43.6. The van der Waals surface area contributed by atoms with Crippen LogP contribution in [0.3, 0.4) is 0 Å². The standard InChI is InChI=1S/C23H26ClFN4O3/c1-5-28(6-2)10-9-26-21(30)20-13(3)18(27-14(20)4)12-17-16-11-15(25)7-8-19(16)29(22(17)31)23(24)32/h7-8,11-12,27H,5-6,9-10H2,1-4H3,(H,26,30)/b17-12-. The molecule has 3 rings (SSSR count). The largest absolute Gasteiger partial charge is 0.358 e. The van der Waals surface area contributed by atoms with Crippen molar-refractivity contribution in [2.24, 2.45) is 0 Å². The Balaban J connectivity index is 1.92. The molecule has 0 saturated carbocycles. The summed E-state index contributed by atoms with van der Waals surface area (Å²) in [6, 6.07) is 3.68. The van der Waals surface area contributed by atoms with Gasteiger partial charge in [-0.05, 0) is 68.4 Å². The second kappa shape index (κ2) is 9.67. The number of aromatic nitrogens is 1. The average molecular weight is 461 g/mol. The maximum Gasteiger partial charge on any atom is 0.327 e. The quantitative estimate of drug-likeness (QED) is 0.370. The summed E-state index contributed by atoms with van der Waals surface area (Å²) >= 11 is 5.59. The highest BCUT2D eigenvalue weighted by atomic mass is 35.5. The lowest BCUT2D eigenvalue weighted by atomic mass is 10.0. The van der Waals surface area contributed by atoms with Crippen molar-refractivity contribution >= 4 is 46.1 Å². The van der Waals surface area contributed by atoms with E-state index >= 15 is 0 Å². The van der Waals surface area contributed by atoms with Crippen LogP contribution in [0.15, 0.2) is 18.2 Å². The minimum absolute atomic E-state index is 0.117. The number of H-pyrrole nitrogens is 1. The number of nitrogens with one attached hydrogen (secondary N) is 2. The lowest BCUT2D eigenvalue weighted by Crippen LogP contribution is -2.35. The summed E-state index contributed by atoms with van der Waals surface area (Å²) in [7, 11) is 0. The Labute approximate surface area is 191 Å². The van der Waals surface area contributed by atoms with Gasteiger partial charge in [-0.25, -0.2) is 9.29 Å². The SMILES string of the molecule is CCN(CC)CCNC(=O)c1c(C)[nH]c(/C=C2\C(=O)N(C(=O)Cl)c3ccc(F)cc32)c1C. The molecule has 2 heterocycles. The van der Waals surface area contributed by atoms with Crippen molar-refractivity contribution in [1.29, 1.82) is 0 Å². The van der Waals surface area contributed by atoms with E-state index in [9.17, 15) is 18.8 Å². The molecular weight excluding hydrogens is 435 g/mol. The Morgan fingerprint density at radius 2 is 1.94 bits per heavy atom. The molecule has 9 heteroatoms. The average Bonchev–Trinajstić information content (AvgIpc) is 3.18. The zero-order valence-electron chi connectivity index (χ0n) is 18.5. The predicted molar refractivity (Wildman–Crippen MR) is 123 cm³/mol. The van der Waals surface area contributed by atoms with E-state index < -0.39 is 17.1 Å². The number of likely N-dealkylation sites (N-methyl/N-ethyl adjacent to an activating group) is 1. The number of carbonyl (C=O) groups excluding carboxylic acids is 3. The van der Waals surface area contributed by atoms with Crippen LogP contribution in [0.4, 0.5) is 14.9 Å². The highest BCUT2D eigenvalue weighted by molar-refractivity contribution is 6.70. The second-order valence-corrected chi connectivity index (χ2v) is 7.88. The molecule has 2 N–H and O–H groups in total. The van der Waals surface area contributed by atoms with Crippen molar-refractivity contribution in [3.05, 3.63) is 52.1 Å². The monoisotopic (exact) mass is 460 g/mol. The Morgan fingerprint density at radius 3 is 2.56 bits per heavy atom. The number of anilines is 1. The van der Waals surface area contributed by atoms with E-state index in [1.807, 2.05) is 0 Å². The fourth-order valence-electron chi connectivity index (χ4n) is 3.94. The van der Waals surface area contributed by atoms with Crippen LogP contribution < -0.4 is 10.2 Å². The first-order valence-corrected chi connectivity index (χ1v) is 10.8. The summed E-state index contributed by atoms with van der Waals surface area (Å²) in [6.45, 7) is 10.8. The van der Waals surface area contributed by atoms with Gasteiger partial charge in [-0.1, -0.05) is 13.8 Å². The maximum atomic E-state index is 13.9. The van der Waals surface area contributed by atoms with E-state index in [0.29, 0.717) is 29.1 Å². The molecule has 1 aliphatic heterocycles. The van der Waals surface area contributed by atoms with Crippen molar-refractivity contribution in [3.63, 3.8) is 0 Å². The number of aromatic amines is 1. The van der Waals surface area contributed by atoms with E-state index in [-0.39, 0.29) is 22.7 Å². The molecule has 0 saturated heterocycles. The molecule has 3 amide bonds. The fraction of sp³-hybridized carbons (Fsp3) is 0.348. The highest BCUT2D eigenvalue weighted by Crippen LogP contribution is 2.39. The lowest BCUT2D eigenvalue weighted by molar-refractivity contribution is -0.112. The molecule has 1 aromatic carbocycles. The number of hydrogen-bond acceptors (Lipinski definition) is 4. The van der Waals surface area contributed by atoms with Gasteiger partial charge in [0.05, 0.1) is 16.8 Å². The number of halogens is 2. The molecule has 1 aliphatic rings. The number of imide groups is 1. The maximum absolute atomic E-state index is 13.9. The summed E-state index contributed by atoms with van der Waals surface area (Å²) < 4.78 is 13.9. The number of carbonyl (C=O) groups is 3. The van der Waals surface area contributed by atoms with Gasteiger partial charge in [-0.3, -0.25) is 14.4 Å². The van der Waals surface area contributed by atoms with Crippen molar-refractivity contribution in [1.82, 2.24) is 15.2 Å². The van der Waals surface area contributed by atoms with Gasteiger partial charge in [-0.2, -0.15) is 0 Å². The third-order valence-electron chi connectivity index (χ3n) is 5.70. The zero-order valence-corrected chi connectivity index (χ0v) is 19.3. The van der Waals surface area contributed by atoms with Crippen LogP contribution in [0.5, 0.6) is 0 Å².